The average Bonchev–Trinajstić information content (AvgIpc) is 3.29. The lowest BCUT2D eigenvalue weighted by Gasteiger charge is -2.26. The van der Waals surface area contributed by atoms with Crippen LogP contribution in [0.15, 0.2) is 53.5 Å². The van der Waals surface area contributed by atoms with Gasteiger partial charge in [-0.25, -0.2) is 9.78 Å². The number of nitrogens with zero attached hydrogens (tertiary/aromatic N) is 3. The van der Waals surface area contributed by atoms with Crippen LogP contribution in [-0.2, 0) is 16.1 Å². The van der Waals surface area contributed by atoms with Crippen molar-refractivity contribution in [2.75, 3.05) is 19.4 Å². The molecule has 0 saturated heterocycles. The highest BCUT2D eigenvalue weighted by Crippen LogP contribution is 2.35. The Morgan fingerprint density at radius 2 is 1.90 bits per heavy atom. The van der Waals surface area contributed by atoms with Gasteiger partial charge in [0.1, 0.15) is 17.6 Å². The number of carbonyl (C=O) groups is 3. The first-order valence-corrected chi connectivity index (χ1v) is 12.8. The van der Waals surface area contributed by atoms with Crippen LogP contribution in [0.5, 0.6) is 0 Å². The number of H-pyrrole nitrogens is 1. The highest BCUT2D eigenvalue weighted by atomic mass is 16.4. The number of hydrogen-bond acceptors (Lipinski definition) is 6. The maximum absolute atomic E-state index is 13.2. The minimum atomic E-state index is -1.39. The number of amides is 3. The number of rotatable bonds is 10. The summed E-state index contributed by atoms with van der Waals surface area (Å²) >= 11 is 0. The second kappa shape index (κ2) is 12.6. The van der Waals surface area contributed by atoms with Gasteiger partial charge in [-0.2, -0.15) is 0 Å². The Kier molecular flexibility index (Phi) is 9.48. The third-order valence-electron chi connectivity index (χ3n) is 6.25. The summed E-state index contributed by atoms with van der Waals surface area (Å²) in [5.74, 6) is -0.448. The summed E-state index contributed by atoms with van der Waals surface area (Å²) in [6, 6.07) is 7.34. The third kappa shape index (κ3) is 7.56. The van der Waals surface area contributed by atoms with E-state index in [0.29, 0.717) is 22.4 Å². The first-order valence-electron chi connectivity index (χ1n) is 12.8. The molecule has 0 spiro atoms. The number of imidazole rings is 1. The van der Waals surface area contributed by atoms with Crippen molar-refractivity contribution in [1.29, 1.82) is 0 Å². The summed E-state index contributed by atoms with van der Waals surface area (Å²) in [6.45, 7) is 5.88. The molecule has 5 N–H and O–H groups in total. The minimum absolute atomic E-state index is 0.0250. The molecule has 2 heterocycles. The van der Waals surface area contributed by atoms with Crippen molar-refractivity contribution in [2.24, 2.45) is 5.41 Å². The molecule has 2 unspecified atom stereocenters. The molecule has 3 aromatic rings. The molecule has 0 aliphatic rings. The molecule has 0 aliphatic heterocycles. The number of aromatic nitrogens is 3. The van der Waals surface area contributed by atoms with Crippen LogP contribution < -0.4 is 16.2 Å². The number of anilines is 1. The van der Waals surface area contributed by atoms with E-state index in [4.69, 9.17) is 0 Å². The normalized spacial score (nSPS) is 13.2. The van der Waals surface area contributed by atoms with E-state index in [1.165, 1.54) is 21.6 Å². The Morgan fingerprint density at radius 1 is 1.18 bits per heavy atom. The van der Waals surface area contributed by atoms with Crippen LogP contribution >= 0.6 is 0 Å². The van der Waals surface area contributed by atoms with Crippen molar-refractivity contribution in [2.45, 2.75) is 52.3 Å². The molecule has 3 rings (SSSR count). The van der Waals surface area contributed by atoms with Gasteiger partial charge < -0.3 is 35.3 Å². The number of aliphatic hydroxyl groups excluding tert-OH is 1. The summed E-state index contributed by atoms with van der Waals surface area (Å²) in [7, 11) is 3.20. The largest absolute Gasteiger partial charge is 0.465 e. The van der Waals surface area contributed by atoms with Crippen LogP contribution in [0.25, 0.3) is 11.0 Å². The number of nitrogens with one attached hydrogen (secondary N) is 3. The van der Waals surface area contributed by atoms with Crippen molar-refractivity contribution in [3.05, 3.63) is 70.4 Å². The third-order valence-corrected chi connectivity index (χ3v) is 6.25. The lowest BCUT2D eigenvalue weighted by molar-refractivity contribution is -0.123. The van der Waals surface area contributed by atoms with E-state index < -0.39 is 35.1 Å². The smallest absolute Gasteiger partial charge is 0.405 e. The fourth-order valence-electron chi connectivity index (χ4n) is 4.03. The van der Waals surface area contributed by atoms with Crippen molar-refractivity contribution in [3.63, 3.8) is 0 Å². The number of aliphatic hydroxyl groups is 1. The number of carboxylic acid groups (broad SMARTS) is 1. The van der Waals surface area contributed by atoms with Gasteiger partial charge in [-0.05, 0) is 42.5 Å². The van der Waals surface area contributed by atoms with Gasteiger partial charge in [0, 0.05) is 25.9 Å². The molecule has 12 nitrogen and oxygen atoms in total. The number of carbonyl (C=O) groups excluding carboxylic acids is 2. The van der Waals surface area contributed by atoms with Gasteiger partial charge in [-0.3, -0.25) is 14.4 Å². The van der Waals surface area contributed by atoms with Crippen LogP contribution in [0.1, 0.15) is 51.1 Å². The fourth-order valence-corrected chi connectivity index (χ4v) is 4.03. The molecule has 40 heavy (non-hydrogen) atoms. The molecule has 1 aromatic carbocycles. The summed E-state index contributed by atoms with van der Waals surface area (Å²) in [4.78, 5) is 58.1. The molecule has 3 amide bonds. The summed E-state index contributed by atoms with van der Waals surface area (Å²) < 4.78 is 1.36. The van der Waals surface area contributed by atoms with Crippen LogP contribution in [0.3, 0.4) is 0 Å². The zero-order valence-electron chi connectivity index (χ0n) is 23.3. The Balaban J connectivity index is 1.78. The molecular formula is C28H36N6O6. The molecule has 0 saturated carbocycles. The number of hydrogen-bond donors (Lipinski definition) is 5. The van der Waals surface area contributed by atoms with Gasteiger partial charge in [0.2, 0.25) is 11.8 Å². The first-order chi connectivity index (χ1) is 18.8. The quantitative estimate of drug-likeness (QED) is 0.241. The predicted octanol–water partition coefficient (Wildman–Crippen LogP) is 2.85. The molecule has 0 fully saturated rings. The van der Waals surface area contributed by atoms with Gasteiger partial charge in [0.25, 0.3) is 5.56 Å². The molecule has 0 aliphatic carbocycles. The lowest BCUT2D eigenvalue weighted by atomic mass is 9.84. The second-order valence-electron chi connectivity index (χ2n) is 10.8. The van der Waals surface area contributed by atoms with Crippen LogP contribution in [-0.4, -0.2) is 67.7 Å². The van der Waals surface area contributed by atoms with Crippen LogP contribution in [0.4, 0.5) is 10.5 Å². The van der Waals surface area contributed by atoms with Gasteiger partial charge in [-0.15, -0.1) is 0 Å². The Bertz CT molecular complexity index is 1470. The van der Waals surface area contributed by atoms with Crippen molar-refractivity contribution >= 4 is 34.6 Å². The molecule has 214 valence electrons. The van der Waals surface area contributed by atoms with Crippen molar-refractivity contribution < 1.29 is 24.6 Å². The fraction of sp³-hybridized carbons (Fsp3) is 0.393. The predicted molar refractivity (Wildman–Crippen MR) is 151 cm³/mol. The van der Waals surface area contributed by atoms with E-state index in [2.05, 4.69) is 20.6 Å². The first kappa shape index (κ1) is 30.1. The maximum atomic E-state index is 13.2. The van der Waals surface area contributed by atoms with Crippen LogP contribution in [0.2, 0.25) is 0 Å². The second-order valence-corrected chi connectivity index (χ2v) is 10.8. The number of benzene rings is 1. The topological polar surface area (TPSA) is 170 Å². The maximum Gasteiger partial charge on any atom is 0.405 e. The summed E-state index contributed by atoms with van der Waals surface area (Å²) in [5.41, 5.74) is 1.12. The van der Waals surface area contributed by atoms with E-state index in [1.54, 1.807) is 32.4 Å². The standard InChI is InChI=1S/C28H36N6O6/c1-28(2,3)24(36)17-10-8-12-18-23(17)32-21(29-18)16-34-15-9-13-20(26(34)38)30-25(37)19(31-27(39)40)11-6-7-14-22(35)33(4)5/h7-10,12-15,19,24,31,36H,6,11,16H2,1-5H3,(H,29,32)(H,30,37)(H,39,40)/b14-7+. The van der Waals surface area contributed by atoms with E-state index in [9.17, 15) is 29.4 Å². The number of allylic oxidation sites excluding steroid dienone is 1. The van der Waals surface area contributed by atoms with Crippen LogP contribution in [0, 0.1) is 5.41 Å². The van der Waals surface area contributed by atoms with Gasteiger partial charge in [0.05, 0.1) is 23.7 Å². The SMILES string of the molecule is CN(C)C(=O)/C=C/CCC(NC(=O)O)C(=O)Nc1cccn(Cc2nc3cccc(C(O)C(C)(C)C)c3[nH]2)c1=O. The molecule has 2 aromatic heterocycles. The minimum Gasteiger partial charge on any atom is -0.465 e. The Hall–Kier alpha value is -4.45. The van der Waals surface area contributed by atoms with E-state index in [0.717, 1.165) is 0 Å². The number of pyridine rings is 1. The van der Waals surface area contributed by atoms with E-state index >= 15 is 0 Å². The molecule has 0 bridgehead atoms. The zero-order chi connectivity index (χ0) is 29.6. The number of para-hydroxylation sites is 1. The average molecular weight is 553 g/mol. The number of fused-ring (bicyclic) bond motifs is 1. The van der Waals surface area contributed by atoms with Crippen molar-refractivity contribution in [1.82, 2.24) is 24.8 Å². The van der Waals surface area contributed by atoms with E-state index in [1.807, 2.05) is 39.0 Å². The van der Waals surface area contributed by atoms with Crippen molar-refractivity contribution in [3.8, 4) is 0 Å². The Morgan fingerprint density at radius 3 is 2.55 bits per heavy atom. The molecular weight excluding hydrogens is 516 g/mol. The zero-order valence-corrected chi connectivity index (χ0v) is 23.3. The molecule has 0 radical (unpaired) electrons. The highest BCUT2D eigenvalue weighted by Gasteiger charge is 2.26. The molecule has 2 atom stereocenters. The monoisotopic (exact) mass is 552 g/mol. The lowest BCUT2D eigenvalue weighted by Crippen LogP contribution is -2.44. The summed E-state index contributed by atoms with van der Waals surface area (Å²) in [6.07, 6.45) is 2.67. The highest BCUT2D eigenvalue weighted by molar-refractivity contribution is 5.96. The number of likely N-dealkylation sites (N-methyl/N-ethyl adjacent to an activating group) is 1. The summed E-state index contributed by atoms with van der Waals surface area (Å²) in [5, 5.41) is 24.7. The van der Waals surface area contributed by atoms with Gasteiger partial charge in [0.15, 0.2) is 0 Å². The molecule has 12 heteroatoms. The van der Waals surface area contributed by atoms with Gasteiger partial charge in [-0.1, -0.05) is 39.0 Å². The van der Waals surface area contributed by atoms with E-state index in [-0.39, 0.29) is 31.0 Å². The van der Waals surface area contributed by atoms with Gasteiger partial charge >= 0.3 is 6.09 Å². The Labute approximate surface area is 231 Å². The number of aromatic amines is 1.